The molecule has 0 N–H and O–H groups in total. The molecule has 1 aliphatic carbocycles. The molecule has 108 valence electrons. The van der Waals surface area contributed by atoms with Gasteiger partial charge in [0.25, 0.3) is 0 Å². The maximum absolute atomic E-state index is 12.3. The van der Waals surface area contributed by atoms with E-state index in [0.717, 1.165) is 30.6 Å². The summed E-state index contributed by atoms with van der Waals surface area (Å²) in [4.78, 5) is 12.3. The maximum atomic E-state index is 12.3. The summed E-state index contributed by atoms with van der Waals surface area (Å²) >= 11 is 0. The van der Waals surface area contributed by atoms with Crippen molar-refractivity contribution in [3.63, 3.8) is 0 Å². The molecule has 2 aromatic rings. The molecular formula is C19H20O2. The molecular weight excluding hydrogens is 260 g/mol. The van der Waals surface area contributed by atoms with Gasteiger partial charge >= 0.3 is 0 Å². The Bertz CT molecular complexity index is 642. The third-order valence-corrected chi connectivity index (χ3v) is 3.71. The standard InChI is InChI=1S/C19H20O2/c1-14-4-2-5-15(12-14)8-11-19(20)16-6-3-7-18(13-16)21-17-9-10-17/h2-7,12-13,17H,8-11H2,1H3. The molecule has 1 aliphatic rings. The van der Waals surface area contributed by atoms with E-state index in [-0.39, 0.29) is 5.78 Å². The molecule has 3 rings (SSSR count). The lowest BCUT2D eigenvalue weighted by atomic mass is 10.0. The molecule has 0 heterocycles. The Labute approximate surface area is 125 Å². The van der Waals surface area contributed by atoms with Gasteiger partial charge in [0.2, 0.25) is 0 Å². The molecule has 2 aromatic carbocycles. The molecule has 0 aliphatic heterocycles. The van der Waals surface area contributed by atoms with Crippen molar-refractivity contribution in [1.29, 1.82) is 0 Å². The molecule has 0 amide bonds. The largest absolute Gasteiger partial charge is 0.490 e. The number of carbonyl (C=O) groups is 1. The molecule has 1 fully saturated rings. The third kappa shape index (κ3) is 3.94. The van der Waals surface area contributed by atoms with E-state index >= 15 is 0 Å². The molecule has 0 atom stereocenters. The van der Waals surface area contributed by atoms with Gasteiger partial charge in [-0.05, 0) is 43.9 Å². The van der Waals surface area contributed by atoms with Crippen LogP contribution in [0.3, 0.4) is 0 Å². The minimum atomic E-state index is 0.178. The number of rotatable bonds is 6. The van der Waals surface area contributed by atoms with Gasteiger partial charge in [-0.3, -0.25) is 4.79 Å². The van der Waals surface area contributed by atoms with Gasteiger partial charge in [0, 0.05) is 12.0 Å². The van der Waals surface area contributed by atoms with Crippen molar-refractivity contribution in [1.82, 2.24) is 0 Å². The zero-order valence-electron chi connectivity index (χ0n) is 12.3. The first kappa shape index (κ1) is 13.9. The summed E-state index contributed by atoms with van der Waals surface area (Å²) in [7, 11) is 0. The van der Waals surface area contributed by atoms with Crippen LogP contribution in [0, 0.1) is 6.92 Å². The summed E-state index contributed by atoms with van der Waals surface area (Å²) in [6, 6.07) is 15.9. The van der Waals surface area contributed by atoms with Crippen molar-refractivity contribution in [2.75, 3.05) is 0 Å². The Kier molecular flexibility index (Phi) is 4.05. The van der Waals surface area contributed by atoms with E-state index in [2.05, 4.69) is 25.1 Å². The zero-order valence-corrected chi connectivity index (χ0v) is 12.3. The minimum absolute atomic E-state index is 0.178. The van der Waals surface area contributed by atoms with Crippen LogP contribution in [-0.4, -0.2) is 11.9 Å². The molecule has 0 bridgehead atoms. The highest BCUT2D eigenvalue weighted by Crippen LogP contribution is 2.27. The molecule has 1 saturated carbocycles. The van der Waals surface area contributed by atoms with E-state index in [4.69, 9.17) is 4.74 Å². The predicted molar refractivity (Wildman–Crippen MR) is 83.9 cm³/mol. The van der Waals surface area contributed by atoms with E-state index in [9.17, 15) is 4.79 Å². The summed E-state index contributed by atoms with van der Waals surface area (Å²) < 4.78 is 5.74. The molecule has 2 heteroatoms. The number of Topliss-reactive ketones (excluding diaryl/α,β-unsaturated/α-hetero) is 1. The van der Waals surface area contributed by atoms with Crippen molar-refractivity contribution in [3.05, 3.63) is 65.2 Å². The average Bonchev–Trinajstić information content (AvgIpc) is 3.29. The van der Waals surface area contributed by atoms with E-state index in [1.165, 1.54) is 11.1 Å². The second kappa shape index (κ2) is 6.13. The van der Waals surface area contributed by atoms with Crippen LogP contribution in [-0.2, 0) is 6.42 Å². The van der Waals surface area contributed by atoms with E-state index in [1.54, 1.807) is 0 Å². The summed E-state index contributed by atoms with van der Waals surface area (Å²) in [6.45, 7) is 2.07. The van der Waals surface area contributed by atoms with E-state index in [1.807, 2.05) is 30.3 Å². The highest BCUT2D eigenvalue weighted by molar-refractivity contribution is 5.96. The van der Waals surface area contributed by atoms with Crippen molar-refractivity contribution < 1.29 is 9.53 Å². The number of aryl methyl sites for hydroxylation is 2. The van der Waals surface area contributed by atoms with Crippen LogP contribution in [0.15, 0.2) is 48.5 Å². The topological polar surface area (TPSA) is 26.3 Å². The lowest BCUT2D eigenvalue weighted by Crippen LogP contribution is -2.03. The van der Waals surface area contributed by atoms with E-state index in [0.29, 0.717) is 12.5 Å². The van der Waals surface area contributed by atoms with Gasteiger partial charge in [-0.1, -0.05) is 42.0 Å². The van der Waals surface area contributed by atoms with Gasteiger partial charge in [-0.15, -0.1) is 0 Å². The predicted octanol–water partition coefficient (Wildman–Crippen LogP) is 4.35. The molecule has 2 nitrogen and oxygen atoms in total. The number of benzene rings is 2. The van der Waals surface area contributed by atoms with Gasteiger partial charge in [0.05, 0.1) is 6.10 Å². The van der Waals surface area contributed by atoms with Crippen LogP contribution >= 0.6 is 0 Å². The van der Waals surface area contributed by atoms with Crippen molar-refractivity contribution in [2.45, 2.75) is 38.7 Å². The molecule has 0 spiro atoms. The first-order chi connectivity index (χ1) is 10.2. The van der Waals surface area contributed by atoms with Crippen molar-refractivity contribution in [2.24, 2.45) is 0 Å². The molecule has 0 unspecified atom stereocenters. The highest BCUT2D eigenvalue weighted by Gasteiger charge is 2.23. The Morgan fingerprint density at radius 3 is 2.71 bits per heavy atom. The number of hydrogen-bond donors (Lipinski definition) is 0. The summed E-state index contributed by atoms with van der Waals surface area (Å²) in [5.74, 6) is 0.997. The lowest BCUT2D eigenvalue weighted by Gasteiger charge is -2.07. The lowest BCUT2D eigenvalue weighted by molar-refractivity contribution is 0.0982. The number of ether oxygens (including phenoxy) is 1. The highest BCUT2D eigenvalue weighted by atomic mass is 16.5. The second-order valence-corrected chi connectivity index (χ2v) is 5.76. The molecule has 0 saturated heterocycles. The Balaban J connectivity index is 1.61. The minimum Gasteiger partial charge on any atom is -0.490 e. The van der Waals surface area contributed by atoms with Crippen LogP contribution in [0.25, 0.3) is 0 Å². The van der Waals surface area contributed by atoms with Crippen LogP contribution < -0.4 is 4.74 Å². The van der Waals surface area contributed by atoms with Gasteiger partial charge < -0.3 is 4.74 Å². The number of ketones is 1. The Hall–Kier alpha value is -2.09. The van der Waals surface area contributed by atoms with Crippen molar-refractivity contribution in [3.8, 4) is 5.75 Å². The third-order valence-electron chi connectivity index (χ3n) is 3.71. The van der Waals surface area contributed by atoms with Gasteiger partial charge in [-0.2, -0.15) is 0 Å². The summed E-state index contributed by atoms with van der Waals surface area (Å²) in [6.07, 6.45) is 3.95. The molecule has 21 heavy (non-hydrogen) atoms. The fraction of sp³-hybridized carbons (Fsp3) is 0.316. The summed E-state index contributed by atoms with van der Waals surface area (Å²) in [5, 5.41) is 0. The van der Waals surface area contributed by atoms with Crippen LogP contribution in [0.5, 0.6) is 5.75 Å². The Morgan fingerprint density at radius 1 is 1.14 bits per heavy atom. The molecule has 0 aromatic heterocycles. The quantitative estimate of drug-likeness (QED) is 0.735. The normalized spacial score (nSPS) is 14.0. The van der Waals surface area contributed by atoms with Gasteiger partial charge in [0.1, 0.15) is 5.75 Å². The monoisotopic (exact) mass is 280 g/mol. The van der Waals surface area contributed by atoms with Crippen molar-refractivity contribution >= 4 is 5.78 Å². The van der Waals surface area contributed by atoms with Gasteiger partial charge in [-0.25, -0.2) is 0 Å². The fourth-order valence-corrected chi connectivity index (χ4v) is 2.39. The number of hydrogen-bond acceptors (Lipinski definition) is 2. The SMILES string of the molecule is Cc1cccc(CCC(=O)c2cccc(OC3CC3)c2)c1. The second-order valence-electron chi connectivity index (χ2n) is 5.76. The van der Waals surface area contributed by atoms with Crippen LogP contribution in [0.2, 0.25) is 0 Å². The average molecular weight is 280 g/mol. The van der Waals surface area contributed by atoms with Crippen LogP contribution in [0.4, 0.5) is 0 Å². The summed E-state index contributed by atoms with van der Waals surface area (Å²) in [5.41, 5.74) is 3.20. The maximum Gasteiger partial charge on any atom is 0.163 e. The molecule has 0 radical (unpaired) electrons. The Morgan fingerprint density at radius 2 is 1.95 bits per heavy atom. The fourth-order valence-electron chi connectivity index (χ4n) is 2.39. The first-order valence-corrected chi connectivity index (χ1v) is 7.56. The van der Waals surface area contributed by atoms with Gasteiger partial charge in [0.15, 0.2) is 5.78 Å². The smallest absolute Gasteiger partial charge is 0.163 e. The zero-order chi connectivity index (χ0) is 14.7. The van der Waals surface area contributed by atoms with E-state index < -0.39 is 0 Å². The number of carbonyl (C=O) groups excluding carboxylic acids is 1. The van der Waals surface area contributed by atoms with Crippen LogP contribution in [0.1, 0.15) is 40.7 Å². The first-order valence-electron chi connectivity index (χ1n) is 7.56.